The Labute approximate surface area is 166 Å². The van der Waals surface area contributed by atoms with E-state index in [2.05, 4.69) is 42.3 Å². The predicted molar refractivity (Wildman–Crippen MR) is 109 cm³/mol. The number of nitrogens with zero attached hydrogens (tertiary/aromatic N) is 2. The molecule has 0 aliphatic carbocycles. The zero-order valence-corrected chi connectivity index (χ0v) is 16.5. The van der Waals surface area contributed by atoms with Gasteiger partial charge in [-0.15, -0.1) is 0 Å². The fourth-order valence-corrected chi connectivity index (χ4v) is 3.71. The second-order valence-corrected chi connectivity index (χ2v) is 7.38. The normalized spacial score (nSPS) is 18.7. The molecule has 0 bridgehead atoms. The summed E-state index contributed by atoms with van der Waals surface area (Å²) in [7, 11) is 0. The zero-order valence-electron chi connectivity index (χ0n) is 16.5. The molecule has 0 radical (unpaired) electrons. The lowest BCUT2D eigenvalue weighted by atomic mass is 10.1. The van der Waals surface area contributed by atoms with Crippen LogP contribution in [0.25, 0.3) is 0 Å². The molecule has 1 fully saturated rings. The molecule has 0 aromatic heterocycles. The van der Waals surface area contributed by atoms with Crippen molar-refractivity contribution in [1.29, 1.82) is 0 Å². The second kappa shape index (κ2) is 8.00. The monoisotopic (exact) mass is 381 g/mol. The number of fused-ring (bicyclic) bond motifs is 1. The van der Waals surface area contributed by atoms with Crippen molar-refractivity contribution in [2.24, 2.45) is 0 Å². The number of urea groups is 1. The van der Waals surface area contributed by atoms with E-state index in [-0.39, 0.29) is 12.1 Å². The van der Waals surface area contributed by atoms with E-state index in [1.54, 1.807) is 0 Å². The van der Waals surface area contributed by atoms with Crippen LogP contribution in [-0.2, 0) is 0 Å². The summed E-state index contributed by atoms with van der Waals surface area (Å²) in [5, 5.41) is 2.99. The number of aryl methyl sites for hydroxylation is 1. The molecule has 148 valence electrons. The first-order valence-corrected chi connectivity index (χ1v) is 9.84. The summed E-state index contributed by atoms with van der Waals surface area (Å²) in [4.78, 5) is 16.8. The molecule has 1 atom stereocenters. The maximum absolute atomic E-state index is 12.6. The molecule has 1 unspecified atom stereocenters. The number of rotatable bonds is 3. The van der Waals surface area contributed by atoms with Crippen LogP contribution in [0.3, 0.4) is 0 Å². The van der Waals surface area contributed by atoms with Gasteiger partial charge in [-0.25, -0.2) is 4.79 Å². The van der Waals surface area contributed by atoms with Crippen molar-refractivity contribution in [1.82, 2.24) is 10.2 Å². The van der Waals surface area contributed by atoms with Crippen LogP contribution in [0.4, 0.5) is 10.5 Å². The average molecular weight is 381 g/mol. The first-order chi connectivity index (χ1) is 13.6. The number of ether oxygens (including phenoxy) is 2. The van der Waals surface area contributed by atoms with Crippen LogP contribution < -0.4 is 19.7 Å². The smallest absolute Gasteiger partial charge is 0.317 e. The van der Waals surface area contributed by atoms with Crippen molar-refractivity contribution < 1.29 is 14.3 Å². The van der Waals surface area contributed by atoms with Gasteiger partial charge in [0.15, 0.2) is 17.6 Å². The Morgan fingerprint density at radius 1 is 1.04 bits per heavy atom. The highest BCUT2D eigenvalue weighted by Gasteiger charge is 2.25. The third-order valence-electron chi connectivity index (χ3n) is 5.53. The fraction of sp³-hybridized carbons (Fsp3) is 0.409. The van der Waals surface area contributed by atoms with Gasteiger partial charge in [-0.05, 0) is 43.2 Å². The summed E-state index contributed by atoms with van der Waals surface area (Å²) in [5.41, 5.74) is 3.88. The lowest BCUT2D eigenvalue weighted by Crippen LogP contribution is -2.53. The Bertz CT molecular complexity index is 847. The Kier molecular flexibility index (Phi) is 5.28. The Balaban J connectivity index is 1.26. The molecule has 0 saturated carbocycles. The molecule has 2 heterocycles. The maximum atomic E-state index is 12.6. The number of para-hydroxylation sites is 2. The first kappa shape index (κ1) is 18.5. The molecule has 2 aliphatic rings. The summed E-state index contributed by atoms with van der Waals surface area (Å²) in [6.07, 6.45) is -0.171. The van der Waals surface area contributed by atoms with Gasteiger partial charge in [-0.2, -0.15) is 0 Å². The first-order valence-electron chi connectivity index (χ1n) is 9.84. The van der Waals surface area contributed by atoms with Crippen LogP contribution in [-0.4, -0.2) is 56.4 Å². The minimum absolute atomic E-state index is 0.0388. The molecule has 4 rings (SSSR count). The van der Waals surface area contributed by atoms with E-state index < -0.39 is 0 Å². The van der Waals surface area contributed by atoms with Gasteiger partial charge < -0.3 is 24.6 Å². The highest BCUT2D eigenvalue weighted by Crippen LogP contribution is 2.30. The number of hydrogen-bond acceptors (Lipinski definition) is 4. The lowest BCUT2D eigenvalue weighted by molar-refractivity contribution is 0.0900. The highest BCUT2D eigenvalue weighted by atomic mass is 16.6. The van der Waals surface area contributed by atoms with Gasteiger partial charge >= 0.3 is 6.03 Å². The number of carbonyl (C=O) groups excluding carboxylic acids is 1. The van der Waals surface area contributed by atoms with Crippen molar-refractivity contribution in [2.45, 2.75) is 20.0 Å². The number of benzene rings is 2. The Morgan fingerprint density at radius 3 is 2.57 bits per heavy atom. The van der Waals surface area contributed by atoms with Gasteiger partial charge in [0.25, 0.3) is 0 Å². The van der Waals surface area contributed by atoms with Gasteiger partial charge in [0.1, 0.15) is 6.61 Å². The molecule has 2 amide bonds. The quantitative estimate of drug-likeness (QED) is 0.888. The topological polar surface area (TPSA) is 54.0 Å². The largest absolute Gasteiger partial charge is 0.486 e. The van der Waals surface area contributed by atoms with E-state index in [1.165, 1.54) is 16.8 Å². The van der Waals surface area contributed by atoms with Crippen molar-refractivity contribution in [3.05, 3.63) is 53.6 Å². The van der Waals surface area contributed by atoms with E-state index >= 15 is 0 Å². The molecular formula is C22H27N3O3. The van der Waals surface area contributed by atoms with Crippen molar-refractivity contribution in [3.8, 4) is 11.5 Å². The van der Waals surface area contributed by atoms with Crippen LogP contribution in [0.2, 0.25) is 0 Å². The fourth-order valence-electron chi connectivity index (χ4n) is 3.71. The van der Waals surface area contributed by atoms with Crippen LogP contribution >= 0.6 is 0 Å². The van der Waals surface area contributed by atoms with E-state index in [9.17, 15) is 4.79 Å². The number of amides is 2. The van der Waals surface area contributed by atoms with Crippen molar-refractivity contribution in [3.63, 3.8) is 0 Å². The number of hydrogen-bond donors (Lipinski definition) is 1. The summed E-state index contributed by atoms with van der Waals surface area (Å²) >= 11 is 0. The Morgan fingerprint density at radius 2 is 1.79 bits per heavy atom. The van der Waals surface area contributed by atoms with E-state index in [1.807, 2.05) is 29.2 Å². The Hall–Kier alpha value is -2.89. The highest BCUT2D eigenvalue weighted by molar-refractivity contribution is 5.74. The molecule has 2 aromatic carbocycles. The second-order valence-electron chi connectivity index (χ2n) is 7.38. The number of nitrogens with one attached hydrogen (secondary N) is 1. The zero-order chi connectivity index (χ0) is 19.5. The molecule has 2 aliphatic heterocycles. The standard InChI is InChI=1S/C22H27N3O3/c1-16-6-5-7-19(17(16)2)24-10-12-25(13-11-24)22(26)23-14-18-15-27-20-8-3-4-9-21(20)28-18/h3-9,18H,10-15H2,1-2H3,(H,23,26). The SMILES string of the molecule is Cc1cccc(N2CCN(C(=O)NCC3COc4ccccc4O3)CC2)c1C. The number of piperazine rings is 1. The van der Waals surface area contributed by atoms with Crippen LogP contribution in [0.5, 0.6) is 11.5 Å². The number of anilines is 1. The van der Waals surface area contributed by atoms with Gasteiger partial charge in [0.05, 0.1) is 6.54 Å². The van der Waals surface area contributed by atoms with Gasteiger partial charge in [0.2, 0.25) is 0 Å². The van der Waals surface area contributed by atoms with Gasteiger partial charge in [0, 0.05) is 31.9 Å². The third kappa shape index (κ3) is 3.86. The van der Waals surface area contributed by atoms with E-state index in [4.69, 9.17) is 9.47 Å². The third-order valence-corrected chi connectivity index (χ3v) is 5.53. The van der Waals surface area contributed by atoms with Crippen molar-refractivity contribution in [2.75, 3.05) is 44.2 Å². The van der Waals surface area contributed by atoms with Crippen LogP contribution in [0, 0.1) is 13.8 Å². The van der Waals surface area contributed by atoms with E-state index in [0.29, 0.717) is 26.2 Å². The molecule has 6 heteroatoms. The van der Waals surface area contributed by atoms with Crippen LogP contribution in [0.1, 0.15) is 11.1 Å². The van der Waals surface area contributed by atoms with Crippen LogP contribution in [0.15, 0.2) is 42.5 Å². The molecule has 28 heavy (non-hydrogen) atoms. The molecule has 2 aromatic rings. The molecule has 1 saturated heterocycles. The predicted octanol–water partition coefficient (Wildman–Crippen LogP) is 2.98. The molecular weight excluding hydrogens is 354 g/mol. The van der Waals surface area contributed by atoms with E-state index in [0.717, 1.165) is 24.6 Å². The lowest BCUT2D eigenvalue weighted by Gasteiger charge is -2.37. The minimum Gasteiger partial charge on any atom is -0.486 e. The molecule has 1 N–H and O–H groups in total. The summed E-state index contributed by atoms with van der Waals surface area (Å²) in [6.45, 7) is 8.28. The average Bonchev–Trinajstić information content (AvgIpc) is 2.74. The van der Waals surface area contributed by atoms with Crippen molar-refractivity contribution >= 4 is 11.7 Å². The minimum atomic E-state index is -0.171. The van der Waals surface area contributed by atoms with Gasteiger partial charge in [-0.1, -0.05) is 24.3 Å². The van der Waals surface area contributed by atoms with Gasteiger partial charge in [-0.3, -0.25) is 0 Å². The molecule has 0 spiro atoms. The number of carbonyl (C=O) groups is 1. The summed E-state index contributed by atoms with van der Waals surface area (Å²) in [6, 6.07) is 14.0. The molecule has 6 nitrogen and oxygen atoms in total. The summed E-state index contributed by atoms with van der Waals surface area (Å²) < 4.78 is 11.6. The maximum Gasteiger partial charge on any atom is 0.317 e. The summed E-state index contributed by atoms with van der Waals surface area (Å²) in [5.74, 6) is 1.49.